The molecule has 20 heavy (non-hydrogen) atoms. The van der Waals surface area contributed by atoms with Crippen LogP contribution in [0, 0.1) is 0 Å². The van der Waals surface area contributed by atoms with Crippen molar-refractivity contribution in [1.82, 2.24) is 0 Å². The van der Waals surface area contributed by atoms with E-state index in [1.54, 1.807) is 0 Å². The standard InChI is InChI=1S/C17H16BrNO/c18-13-7-4-8-14(11-13)19-17(20)16-10-3-6-12-5-1-2-9-15(12)16/h1-2,4-5,7-9,11,16H,3,6,10H2,(H,19,20)/t16-/m0/s1. The molecule has 0 aromatic heterocycles. The predicted octanol–water partition coefficient (Wildman–Crippen LogP) is 4.51. The second-order valence-corrected chi connectivity index (χ2v) is 6.06. The van der Waals surface area contributed by atoms with Gasteiger partial charge in [0.1, 0.15) is 0 Å². The van der Waals surface area contributed by atoms with Gasteiger partial charge in [-0.3, -0.25) is 4.79 Å². The molecule has 0 heterocycles. The SMILES string of the molecule is O=C(Nc1cccc(Br)c1)[C@H]1CCCc2ccccc21. The third-order valence-corrected chi connectivity index (χ3v) is 4.27. The highest BCUT2D eigenvalue weighted by atomic mass is 79.9. The lowest BCUT2D eigenvalue weighted by Gasteiger charge is -2.24. The van der Waals surface area contributed by atoms with Crippen LogP contribution in [0.1, 0.15) is 29.9 Å². The van der Waals surface area contributed by atoms with Gasteiger partial charge in [0.05, 0.1) is 5.92 Å². The van der Waals surface area contributed by atoms with Gasteiger partial charge in [-0.1, -0.05) is 46.3 Å². The van der Waals surface area contributed by atoms with Crippen LogP contribution in [0.15, 0.2) is 53.0 Å². The first-order valence-electron chi connectivity index (χ1n) is 6.88. The van der Waals surface area contributed by atoms with Gasteiger partial charge in [0, 0.05) is 10.2 Å². The minimum atomic E-state index is -0.0288. The summed E-state index contributed by atoms with van der Waals surface area (Å²) < 4.78 is 0.972. The van der Waals surface area contributed by atoms with Crippen molar-refractivity contribution in [2.75, 3.05) is 5.32 Å². The third kappa shape index (κ3) is 2.78. The Balaban J connectivity index is 1.82. The number of halogens is 1. The number of rotatable bonds is 2. The van der Waals surface area contributed by atoms with E-state index in [1.807, 2.05) is 36.4 Å². The van der Waals surface area contributed by atoms with Crippen molar-refractivity contribution in [3.05, 3.63) is 64.1 Å². The molecule has 0 spiro atoms. The summed E-state index contributed by atoms with van der Waals surface area (Å²) in [5, 5.41) is 3.02. The van der Waals surface area contributed by atoms with Crippen LogP contribution in [0.4, 0.5) is 5.69 Å². The highest BCUT2D eigenvalue weighted by molar-refractivity contribution is 9.10. The molecule has 1 aliphatic rings. The second kappa shape index (κ2) is 5.80. The Morgan fingerprint density at radius 3 is 2.85 bits per heavy atom. The highest BCUT2D eigenvalue weighted by Crippen LogP contribution is 2.32. The largest absolute Gasteiger partial charge is 0.326 e. The van der Waals surface area contributed by atoms with E-state index in [2.05, 4.69) is 33.4 Å². The number of anilines is 1. The van der Waals surface area contributed by atoms with Gasteiger partial charge >= 0.3 is 0 Å². The summed E-state index contributed by atoms with van der Waals surface area (Å²) in [5.41, 5.74) is 3.34. The topological polar surface area (TPSA) is 29.1 Å². The van der Waals surface area contributed by atoms with Crippen LogP contribution in [0.3, 0.4) is 0 Å². The summed E-state index contributed by atoms with van der Waals surface area (Å²) in [7, 11) is 0. The molecule has 0 radical (unpaired) electrons. The molecule has 2 aromatic rings. The Bertz CT molecular complexity index is 638. The van der Waals surface area contributed by atoms with Gasteiger partial charge in [0.2, 0.25) is 5.91 Å². The van der Waals surface area contributed by atoms with Gasteiger partial charge in [-0.05, 0) is 48.6 Å². The number of aryl methyl sites for hydroxylation is 1. The summed E-state index contributed by atoms with van der Waals surface area (Å²) in [6, 6.07) is 16.0. The van der Waals surface area contributed by atoms with Crippen LogP contribution in [-0.4, -0.2) is 5.91 Å². The monoisotopic (exact) mass is 329 g/mol. The fraction of sp³-hybridized carbons (Fsp3) is 0.235. The molecule has 0 saturated heterocycles. The Morgan fingerprint density at radius 1 is 1.15 bits per heavy atom. The summed E-state index contributed by atoms with van der Waals surface area (Å²) in [6.07, 6.45) is 3.08. The van der Waals surface area contributed by atoms with Gasteiger partial charge in [-0.25, -0.2) is 0 Å². The van der Waals surface area contributed by atoms with E-state index < -0.39 is 0 Å². The molecule has 2 nitrogen and oxygen atoms in total. The Hall–Kier alpha value is -1.61. The molecule has 2 aromatic carbocycles. The van der Waals surface area contributed by atoms with E-state index in [0.29, 0.717) is 0 Å². The van der Waals surface area contributed by atoms with Crippen LogP contribution < -0.4 is 5.32 Å². The lowest BCUT2D eigenvalue weighted by molar-refractivity contribution is -0.117. The maximum absolute atomic E-state index is 12.5. The molecule has 1 amide bonds. The minimum absolute atomic E-state index is 0.0288. The molecule has 3 heteroatoms. The van der Waals surface area contributed by atoms with E-state index in [9.17, 15) is 4.79 Å². The smallest absolute Gasteiger partial charge is 0.231 e. The molecule has 0 fully saturated rings. The molecule has 3 rings (SSSR count). The molecular formula is C17H16BrNO. The fourth-order valence-corrected chi connectivity index (χ4v) is 3.22. The van der Waals surface area contributed by atoms with Crippen molar-refractivity contribution in [2.24, 2.45) is 0 Å². The number of carbonyl (C=O) groups is 1. The second-order valence-electron chi connectivity index (χ2n) is 5.14. The van der Waals surface area contributed by atoms with Crippen molar-refractivity contribution in [2.45, 2.75) is 25.2 Å². The molecule has 1 N–H and O–H groups in total. The molecular weight excluding hydrogens is 314 g/mol. The molecule has 1 atom stereocenters. The van der Waals surface area contributed by atoms with E-state index in [0.717, 1.165) is 29.4 Å². The summed E-state index contributed by atoms with van der Waals surface area (Å²) in [5.74, 6) is 0.0641. The zero-order valence-electron chi connectivity index (χ0n) is 11.1. The van der Waals surface area contributed by atoms with Crippen molar-refractivity contribution < 1.29 is 4.79 Å². The zero-order chi connectivity index (χ0) is 13.9. The Kier molecular flexibility index (Phi) is 3.88. The average molecular weight is 330 g/mol. The van der Waals surface area contributed by atoms with Gasteiger partial charge in [-0.2, -0.15) is 0 Å². The van der Waals surface area contributed by atoms with Crippen LogP contribution in [0.25, 0.3) is 0 Å². The van der Waals surface area contributed by atoms with Gasteiger partial charge < -0.3 is 5.32 Å². The number of benzene rings is 2. The Morgan fingerprint density at radius 2 is 2.00 bits per heavy atom. The first kappa shape index (κ1) is 13.4. The molecule has 0 saturated carbocycles. The molecule has 0 aliphatic heterocycles. The minimum Gasteiger partial charge on any atom is -0.326 e. The first-order valence-corrected chi connectivity index (χ1v) is 7.67. The number of fused-ring (bicyclic) bond motifs is 1. The van der Waals surface area contributed by atoms with Gasteiger partial charge in [0.15, 0.2) is 0 Å². The summed E-state index contributed by atoms with van der Waals surface area (Å²) >= 11 is 3.42. The maximum Gasteiger partial charge on any atom is 0.231 e. The maximum atomic E-state index is 12.5. The van der Waals surface area contributed by atoms with Gasteiger partial charge in [-0.15, -0.1) is 0 Å². The first-order chi connectivity index (χ1) is 9.74. The van der Waals surface area contributed by atoms with Crippen LogP contribution in [-0.2, 0) is 11.2 Å². The number of carbonyl (C=O) groups excluding carboxylic acids is 1. The van der Waals surface area contributed by atoms with Crippen molar-refractivity contribution >= 4 is 27.5 Å². The number of amides is 1. The molecule has 1 aliphatic carbocycles. The lowest BCUT2D eigenvalue weighted by Crippen LogP contribution is -2.24. The van der Waals surface area contributed by atoms with Crippen molar-refractivity contribution in [1.29, 1.82) is 0 Å². The van der Waals surface area contributed by atoms with E-state index in [-0.39, 0.29) is 11.8 Å². The quantitative estimate of drug-likeness (QED) is 0.862. The van der Waals surface area contributed by atoms with E-state index in [4.69, 9.17) is 0 Å². The third-order valence-electron chi connectivity index (χ3n) is 3.78. The zero-order valence-corrected chi connectivity index (χ0v) is 12.7. The van der Waals surface area contributed by atoms with E-state index >= 15 is 0 Å². The predicted molar refractivity (Wildman–Crippen MR) is 84.9 cm³/mol. The molecule has 0 bridgehead atoms. The average Bonchev–Trinajstić information content (AvgIpc) is 2.46. The van der Waals surface area contributed by atoms with Gasteiger partial charge in [0.25, 0.3) is 0 Å². The molecule has 102 valence electrons. The van der Waals surface area contributed by atoms with Crippen LogP contribution in [0.5, 0.6) is 0 Å². The number of hydrogen-bond donors (Lipinski definition) is 1. The summed E-state index contributed by atoms with van der Waals surface area (Å²) in [6.45, 7) is 0. The van der Waals surface area contributed by atoms with Crippen LogP contribution in [0.2, 0.25) is 0 Å². The summed E-state index contributed by atoms with van der Waals surface area (Å²) in [4.78, 5) is 12.5. The number of nitrogens with one attached hydrogen (secondary N) is 1. The molecule has 0 unspecified atom stereocenters. The van der Waals surface area contributed by atoms with Crippen molar-refractivity contribution in [3.63, 3.8) is 0 Å². The highest BCUT2D eigenvalue weighted by Gasteiger charge is 2.26. The lowest BCUT2D eigenvalue weighted by atomic mass is 9.82. The fourth-order valence-electron chi connectivity index (χ4n) is 2.82. The number of hydrogen-bond acceptors (Lipinski definition) is 1. The Labute approximate surface area is 127 Å². The van der Waals surface area contributed by atoms with Crippen LogP contribution >= 0.6 is 15.9 Å². The van der Waals surface area contributed by atoms with Crippen molar-refractivity contribution in [3.8, 4) is 0 Å². The van der Waals surface area contributed by atoms with E-state index in [1.165, 1.54) is 11.1 Å². The normalized spacial score (nSPS) is 17.4.